The van der Waals surface area contributed by atoms with Crippen molar-refractivity contribution in [1.29, 1.82) is 0 Å². The zero-order valence-corrected chi connectivity index (χ0v) is 15.7. The largest absolute Gasteiger partial charge is 0.494 e. The number of hydrogen-bond donors (Lipinski definition) is 0. The van der Waals surface area contributed by atoms with Gasteiger partial charge in [-0.2, -0.15) is 0 Å². The van der Waals surface area contributed by atoms with Gasteiger partial charge in [0.1, 0.15) is 11.5 Å². The molecule has 2 rings (SSSR count). The van der Waals surface area contributed by atoms with Crippen LogP contribution in [0.1, 0.15) is 32.8 Å². The molecule has 0 N–H and O–H groups in total. The van der Waals surface area contributed by atoms with Gasteiger partial charge in [-0.1, -0.05) is 30.7 Å². The second kappa shape index (κ2) is 9.34. The van der Waals surface area contributed by atoms with Gasteiger partial charge in [0, 0.05) is 30.8 Å². The molecule has 0 aliphatic carbocycles. The zero-order chi connectivity index (χ0) is 19.1. The van der Waals surface area contributed by atoms with E-state index in [1.54, 1.807) is 32.2 Å². The van der Waals surface area contributed by atoms with Crippen molar-refractivity contribution in [2.45, 2.75) is 27.2 Å². The van der Waals surface area contributed by atoms with E-state index in [4.69, 9.17) is 21.1 Å². The summed E-state index contributed by atoms with van der Waals surface area (Å²) in [6.45, 7) is 5.76. The monoisotopic (exact) mass is 377 g/mol. The van der Waals surface area contributed by atoms with Crippen LogP contribution in [0.25, 0.3) is 6.08 Å². The molecule has 0 aliphatic heterocycles. The zero-order valence-electron chi connectivity index (χ0n) is 15.0. The number of hydrogen-bond acceptors (Lipinski definition) is 4. The highest BCUT2D eigenvalue weighted by molar-refractivity contribution is 6.32. The van der Waals surface area contributed by atoms with E-state index in [1.807, 2.05) is 19.1 Å². The van der Waals surface area contributed by atoms with Crippen LogP contribution >= 0.6 is 11.6 Å². The van der Waals surface area contributed by atoms with Gasteiger partial charge in [0.2, 0.25) is 5.88 Å². The van der Waals surface area contributed by atoms with Gasteiger partial charge in [-0.15, -0.1) is 0 Å². The standard InChI is InChI=1S/C20H21ClFNO3/c1-4-25-16-10-17(21)20(18(22)11-16)26-19-8-7-15(12-23-19)6-5-13(2)9-14(3)24/h5-8,10-13H,4,9H2,1-3H3/b6-5+/t13-/m0/s1. The quantitative estimate of drug-likeness (QED) is 0.592. The maximum atomic E-state index is 14.2. The Bertz CT molecular complexity index is 767. The molecule has 0 aliphatic rings. The normalized spacial score (nSPS) is 12.2. The Labute approximate surface area is 157 Å². The number of carbonyl (C=O) groups excluding carboxylic acids is 1. The molecule has 1 heterocycles. The number of halogens is 2. The second-order valence-corrected chi connectivity index (χ2v) is 6.33. The highest BCUT2D eigenvalue weighted by atomic mass is 35.5. The first-order chi connectivity index (χ1) is 12.4. The fourth-order valence-corrected chi connectivity index (χ4v) is 2.57. The first-order valence-corrected chi connectivity index (χ1v) is 8.70. The highest BCUT2D eigenvalue weighted by Crippen LogP contribution is 2.35. The molecule has 1 aromatic heterocycles. The predicted molar refractivity (Wildman–Crippen MR) is 100 cm³/mol. The van der Waals surface area contributed by atoms with Crippen molar-refractivity contribution in [2.24, 2.45) is 5.92 Å². The summed E-state index contributed by atoms with van der Waals surface area (Å²) in [6, 6.07) is 6.14. The summed E-state index contributed by atoms with van der Waals surface area (Å²) in [7, 11) is 0. The van der Waals surface area contributed by atoms with E-state index in [9.17, 15) is 9.18 Å². The molecule has 1 aromatic carbocycles. The SMILES string of the molecule is CCOc1cc(F)c(Oc2ccc(/C=C/[C@H](C)CC(C)=O)cn2)c(Cl)c1. The van der Waals surface area contributed by atoms with Gasteiger partial charge in [0.05, 0.1) is 11.6 Å². The van der Waals surface area contributed by atoms with E-state index >= 15 is 0 Å². The van der Waals surface area contributed by atoms with Crippen LogP contribution in [-0.4, -0.2) is 17.4 Å². The van der Waals surface area contributed by atoms with E-state index in [2.05, 4.69) is 4.98 Å². The molecule has 0 unspecified atom stereocenters. The Morgan fingerprint density at radius 2 is 2.15 bits per heavy atom. The number of benzene rings is 1. The molecule has 0 bridgehead atoms. The van der Waals surface area contributed by atoms with Gasteiger partial charge in [-0.3, -0.25) is 0 Å². The van der Waals surface area contributed by atoms with Crippen molar-refractivity contribution in [1.82, 2.24) is 4.98 Å². The summed E-state index contributed by atoms with van der Waals surface area (Å²) >= 11 is 6.07. The Kier molecular flexibility index (Phi) is 7.16. The first-order valence-electron chi connectivity index (χ1n) is 8.32. The molecule has 0 fully saturated rings. The number of Topliss-reactive ketones (excluding diaryl/α,β-unsaturated/α-hetero) is 1. The summed E-state index contributed by atoms with van der Waals surface area (Å²) in [5.74, 6) is 0.156. The van der Waals surface area contributed by atoms with Crippen molar-refractivity contribution in [3.63, 3.8) is 0 Å². The summed E-state index contributed by atoms with van der Waals surface area (Å²) in [5.41, 5.74) is 0.853. The van der Waals surface area contributed by atoms with Crippen molar-refractivity contribution in [3.8, 4) is 17.4 Å². The summed E-state index contributed by atoms with van der Waals surface area (Å²) in [5, 5.41) is 0.109. The molecule has 2 aromatic rings. The van der Waals surface area contributed by atoms with Crippen molar-refractivity contribution in [3.05, 3.63) is 52.9 Å². The Balaban J connectivity index is 2.08. The Hall–Kier alpha value is -2.40. The fraction of sp³-hybridized carbons (Fsp3) is 0.300. The third-order valence-electron chi connectivity index (χ3n) is 3.48. The summed E-state index contributed by atoms with van der Waals surface area (Å²) in [4.78, 5) is 15.2. The molecule has 4 nitrogen and oxygen atoms in total. The average Bonchev–Trinajstić information content (AvgIpc) is 2.57. The van der Waals surface area contributed by atoms with Gasteiger partial charge in [-0.05, 0) is 31.4 Å². The van der Waals surface area contributed by atoms with Crippen LogP contribution in [-0.2, 0) is 4.79 Å². The maximum Gasteiger partial charge on any atom is 0.219 e. The number of allylic oxidation sites excluding steroid dienone is 1. The van der Waals surface area contributed by atoms with Crippen LogP contribution in [0.4, 0.5) is 4.39 Å². The topological polar surface area (TPSA) is 48.4 Å². The minimum absolute atomic E-state index is 0.0963. The van der Waals surface area contributed by atoms with E-state index in [1.165, 1.54) is 12.1 Å². The van der Waals surface area contributed by atoms with Gasteiger partial charge in [-0.25, -0.2) is 9.37 Å². The number of aromatic nitrogens is 1. The fourth-order valence-electron chi connectivity index (χ4n) is 2.34. The molecular formula is C20H21ClFNO3. The van der Waals surface area contributed by atoms with E-state index < -0.39 is 5.82 Å². The van der Waals surface area contributed by atoms with E-state index in [-0.39, 0.29) is 28.4 Å². The number of ether oxygens (including phenoxy) is 2. The molecule has 26 heavy (non-hydrogen) atoms. The van der Waals surface area contributed by atoms with Crippen LogP contribution in [0, 0.1) is 11.7 Å². The number of carbonyl (C=O) groups is 1. The van der Waals surface area contributed by atoms with Crippen molar-refractivity contribution >= 4 is 23.5 Å². The van der Waals surface area contributed by atoms with Crippen LogP contribution in [0.5, 0.6) is 17.4 Å². The van der Waals surface area contributed by atoms with Gasteiger partial charge < -0.3 is 14.3 Å². The van der Waals surface area contributed by atoms with Crippen LogP contribution in [0.3, 0.4) is 0 Å². The van der Waals surface area contributed by atoms with Gasteiger partial charge >= 0.3 is 0 Å². The summed E-state index contributed by atoms with van der Waals surface area (Å²) in [6.07, 6.45) is 5.93. The maximum absolute atomic E-state index is 14.2. The molecule has 0 saturated carbocycles. The molecular weight excluding hydrogens is 357 g/mol. The van der Waals surface area contributed by atoms with E-state index in [0.29, 0.717) is 18.8 Å². The minimum Gasteiger partial charge on any atom is -0.494 e. The average molecular weight is 378 g/mol. The second-order valence-electron chi connectivity index (χ2n) is 5.92. The van der Waals surface area contributed by atoms with Gasteiger partial charge in [0.25, 0.3) is 0 Å². The highest BCUT2D eigenvalue weighted by Gasteiger charge is 2.13. The lowest BCUT2D eigenvalue weighted by Crippen LogP contribution is -1.98. The lowest BCUT2D eigenvalue weighted by Gasteiger charge is -2.10. The van der Waals surface area contributed by atoms with Crippen LogP contribution in [0.2, 0.25) is 5.02 Å². The predicted octanol–water partition coefficient (Wildman–Crippen LogP) is 5.69. The minimum atomic E-state index is -0.621. The number of rotatable bonds is 8. The molecule has 0 amide bonds. The number of pyridine rings is 1. The van der Waals surface area contributed by atoms with Crippen molar-refractivity contribution in [2.75, 3.05) is 6.61 Å². The molecule has 1 atom stereocenters. The molecule has 0 saturated heterocycles. The number of nitrogens with zero attached hydrogens (tertiary/aromatic N) is 1. The lowest BCUT2D eigenvalue weighted by atomic mass is 10.0. The first kappa shape index (κ1) is 19.9. The van der Waals surface area contributed by atoms with E-state index in [0.717, 1.165) is 5.56 Å². The molecule has 0 spiro atoms. The molecule has 0 radical (unpaired) electrons. The smallest absolute Gasteiger partial charge is 0.219 e. The molecule has 6 heteroatoms. The lowest BCUT2D eigenvalue weighted by molar-refractivity contribution is -0.117. The molecule has 138 valence electrons. The number of ketones is 1. The van der Waals surface area contributed by atoms with Crippen LogP contribution in [0.15, 0.2) is 36.5 Å². The Morgan fingerprint density at radius 1 is 1.38 bits per heavy atom. The Morgan fingerprint density at radius 3 is 2.73 bits per heavy atom. The third-order valence-corrected chi connectivity index (χ3v) is 3.76. The van der Waals surface area contributed by atoms with Crippen LogP contribution < -0.4 is 9.47 Å². The summed E-state index contributed by atoms with van der Waals surface area (Å²) < 4.78 is 24.9. The van der Waals surface area contributed by atoms with Gasteiger partial charge in [0.15, 0.2) is 11.6 Å². The van der Waals surface area contributed by atoms with Crippen molar-refractivity contribution < 1.29 is 18.7 Å². The third kappa shape index (κ3) is 5.85.